The molecule has 0 N–H and O–H groups in total. The zero-order valence-corrected chi connectivity index (χ0v) is 17.7. The van der Waals surface area contributed by atoms with Crippen LogP contribution in [0.25, 0.3) is 50.6 Å². The minimum absolute atomic E-state index is 0.719. The van der Waals surface area contributed by atoms with Crippen molar-refractivity contribution in [2.75, 3.05) is 0 Å². The predicted molar refractivity (Wildman–Crippen MR) is 125 cm³/mol. The molecule has 0 atom stereocenters. The monoisotopic (exact) mass is 452 g/mol. The third-order valence-electron chi connectivity index (χ3n) is 5.61. The van der Waals surface area contributed by atoms with Gasteiger partial charge in [-0.2, -0.15) is 0 Å². The van der Waals surface area contributed by atoms with Crippen LogP contribution in [-0.4, -0.2) is 9.97 Å². The lowest BCUT2D eigenvalue weighted by Crippen LogP contribution is -1.96. The van der Waals surface area contributed by atoms with Gasteiger partial charge in [0, 0.05) is 33.9 Å². The van der Waals surface area contributed by atoms with Crippen LogP contribution in [-0.2, 0) is 6.42 Å². The molecule has 0 spiro atoms. The van der Waals surface area contributed by atoms with E-state index in [-0.39, 0.29) is 0 Å². The normalized spacial score (nSPS) is 13.4. The Kier molecular flexibility index (Phi) is 4.06. The van der Waals surface area contributed by atoms with E-state index in [0.717, 1.165) is 68.7 Å². The lowest BCUT2D eigenvalue weighted by Gasteiger charge is -2.11. The van der Waals surface area contributed by atoms with E-state index in [1.165, 1.54) is 4.48 Å². The SMILES string of the molecule is BrC1=Cc2c(oc3cccc(-c4nc(-c5ccccc5)c5ccccc5n4)c23)CC1. The van der Waals surface area contributed by atoms with E-state index in [1.807, 2.05) is 42.5 Å². The van der Waals surface area contributed by atoms with Crippen molar-refractivity contribution >= 4 is 43.9 Å². The standard InChI is InChI=1S/C26H17BrN2O/c27-17-13-14-22-20(15-17)24-19(10-6-12-23(24)30-22)26-28-21-11-5-4-9-18(21)25(29-26)16-7-2-1-3-8-16/h1-12,15H,13-14H2. The van der Waals surface area contributed by atoms with Crippen molar-refractivity contribution in [1.82, 2.24) is 9.97 Å². The molecule has 0 radical (unpaired) electrons. The quantitative estimate of drug-likeness (QED) is 0.280. The number of para-hydroxylation sites is 1. The van der Waals surface area contributed by atoms with Crippen molar-refractivity contribution in [1.29, 1.82) is 0 Å². The highest BCUT2D eigenvalue weighted by Gasteiger charge is 2.21. The second-order valence-electron chi connectivity index (χ2n) is 7.49. The van der Waals surface area contributed by atoms with Gasteiger partial charge in [-0.15, -0.1) is 0 Å². The van der Waals surface area contributed by atoms with Gasteiger partial charge in [-0.1, -0.05) is 76.6 Å². The summed E-state index contributed by atoms with van der Waals surface area (Å²) in [5.41, 5.74) is 5.99. The molecule has 0 aliphatic heterocycles. The molecule has 1 aliphatic rings. The number of aromatic nitrogens is 2. The number of fused-ring (bicyclic) bond motifs is 4. The number of benzene rings is 3. The molecule has 0 amide bonds. The van der Waals surface area contributed by atoms with Crippen molar-refractivity contribution < 1.29 is 4.42 Å². The van der Waals surface area contributed by atoms with Crippen LogP contribution in [0.2, 0.25) is 0 Å². The molecule has 1 aliphatic carbocycles. The second-order valence-corrected chi connectivity index (χ2v) is 8.51. The van der Waals surface area contributed by atoms with Crippen LogP contribution in [0.3, 0.4) is 0 Å². The van der Waals surface area contributed by atoms with Crippen LogP contribution in [0.4, 0.5) is 0 Å². The number of rotatable bonds is 2. The molecule has 6 rings (SSSR count). The molecule has 0 unspecified atom stereocenters. The average molecular weight is 453 g/mol. The van der Waals surface area contributed by atoms with Crippen LogP contribution >= 0.6 is 15.9 Å². The van der Waals surface area contributed by atoms with Gasteiger partial charge in [-0.05, 0) is 29.1 Å². The summed E-state index contributed by atoms with van der Waals surface area (Å²) in [6.07, 6.45) is 4.04. The summed E-state index contributed by atoms with van der Waals surface area (Å²) >= 11 is 3.67. The molecule has 3 aromatic carbocycles. The van der Waals surface area contributed by atoms with Crippen LogP contribution in [0.1, 0.15) is 17.7 Å². The fraction of sp³-hybridized carbons (Fsp3) is 0.0769. The van der Waals surface area contributed by atoms with E-state index in [0.29, 0.717) is 0 Å². The molecule has 3 nitrogen and oxygen atoms in total. The van der Waals surface area contributed by atoms with E-state index >= 15 is 0 Å². The predicted octanol–water partition coefficient (Wildman–Crippen LogP) is 7.39. The number of nitrogens with zero attached hydrogens (tertiary/aromatic N) is 2. The first-order chi connectivity index (χ1) is 14.8. The fourth-order valence-corrected chi connectivity index (χ4v) is 4.65. The van der Waals surface area contributed by atoms with Gasteiger partial charge < -0.3 is 4.42 Å². The number of furan rings is 1. The Balaban J connectivity index is 1.67. The lowest BCUT2D eigenvalue weighted by atomic mass is 9.98. The van der Waals surface area contributed by atoms with Crippen molar-refractivity contribution in [2.45, 2.75) is 12.8 Å². The van der Waals surface area contributed by atoms with Gasteiger partial charge in [0.15, 0.2) is 5.82 Å². The van der Waals surface area contributed by atoms with Gasteiger partial charge in [-0.25, -0.2) is 9.97 Å². The molecule has 2 aromatic heterocycles. The Hall–Kier alpha value is -3.24. The maximum atomic E-state index is 6.18. The number of allylic oxidation sites excluding steroid dienone is 1. The zero-order chi connectivity index (χ0) is 20.1. The van der Waals surface area contributed by atoms with Crippen molar-refractivity contribution in [2.24, 2.45) is 0 Å². The maximum Gasteiger partial charge on any atom is 0.161 e. The van der Waals surface area contributed by atoms with Crippen molar-refractivity contribution in [3.8, 4) is 22.6 Å². The molecule has 4 heteroatoms. The van der Waals surface area contributed by atoms with Gasteiger partial charge in [0.05, 0.1) is 11.2 Å². The lowest BCUT2D eigenvalue weighted by molar-refractivity contribution is 0.545. The third kappa shape index (κ3) is 2.79. The number of hydrogen-bond acceptors (Lipinski definition) is 3. The van der Waals surface area contributed by atoms with Gasteiger partial charge in [0.1, 0.15) is 11.3 Å². The Morgan fingerprint density at radius 2 is 1.63 bits per heavy atom. The summed E-state index contributed by atoms with van der Waals surface area (Å²) in [4.78, 5) is 10.00. The fourth-order valence-electron chi connectivity index (χ4n) is 4.22. The second kappa shape index (κ2) is 6.92. The Labute approximate surface area is 182 Å². The third-order valence-corrected chi connectivity index (χ3v) is 6.24. The highest BCUT2D eigenvalue weighted by molar-refractivity contribution is 9.11. The molecule has 0 saturated heterocycles. The minimum Gasteiger partial charge on any atom is -0.460 e. The average Bonchev–Trinajstić information content (AvgIpc) is 3.17. The van der Waals surface area contributed by atoms with Crippen molar-refractivity contribution in [3.05, 3.63) is 88.6 Å². The molecule has 0 saturated carbocycles. The zero-order valence-electron chi connectivity index (χ0n) is 16.1. The van der Waals surface area contributed by atoms with E-state index in [1.54, 1.807) is 0 Å². The Morgan fingerprint density at radius 3 is 2.53 bits per heavy atom. The molecular formula is C26H17BrN2O. The number of aryl methyl sites for hydroxylation is 1. The van der Waals surface area contributed by atoms with Crippen LogP contribution in [0.15, 0.2) is 81.7 Å². The number of hydrogen-bond donors (Lipinski definition) is 0. The molecule has 2 heterocycles. The van der Waals surface area contributed by atoms with E-state index in [2.05, 4.69) is 52.3 Å². The van der Waals surface area contributed by atoms with Crippen LogP contribution in [0, 0.1) is 0 Å². The van der Waals surface area contributed by atoms with Crippen molar-refractivity contribution in [3.63, 3.8) is 0 Å². The van der Waals surface area contributed by atoms with Gasteiger partial charge in [0.25, 0.3) is 0 Å². The van der Waals surface area contributed by atoms with Gasteiger partial charge >= 0.3 is 0 Å². The maximum absolute atomic E-state index is 6.18. The number of halogens is 1. The van der Waals surface area contributed by atoms with Crippen LogP contribution < -0.4 is 0 Å². The first-order valence-corrected chi connectivity index (χ1v) is 10.8. The summed E-state index contributed by atoms with van der Waals surface area (Å²) in [5.74, 6) is 1.75. The highest BCUT2D eigenvalue weighted by atomic mass is 79.9. The largest absolute Gasteiger partial charge is 0.460 e. The summed E-state index contributed by atoms with van der Waals surface area (Å²) < 4.78 is 7.37. The first-order valence-electron chi connectivity index (χ1n) is 10.0. The van der Waals surface area contributed by atoms with E-state index in [4.69, 9.17) is 14.4 Å². The summed E-state index contributed by atoms with van der Waals surface area (Å²) in [7, 11) is 0. The smallest absolute Gasteiger partial charge is 0.161 e. The van der Waals surface area contributed by atoms with Crippen LogP contribution in [0.5, 0.6) is 0 Å². The summed E-state index contributed by atoms with van der Waals surface area (Å²) in [6, 6.07) is 24.6. The molecule has 30 heavy (non-hydrogen) atoms. The molecule has 5 aromatic rings. The molecule has 144 valence electrons. The highest BCUT2D eigenvalue weighted by Crippen LogP contribution is 2.40. The Bertz CT molecular complexity index is 1450. The molecule has 0 fully saturated rings. The summed E-state index contributed by atoms with van der Waals surface area (Å²) in [5, 5.41) is 2.13. The van der Waals surface area contributed by atoms with Gasteiger partial charge in [0.2, 0.25) is 0 Å². The molecule has 0 bridgehead atoms. The first kappa shape index (κ1) is 17.6. The Morgan fingerprint density at radius 1 is 0.800 bits per heavy atom. The molecular weight excluding hydrogens is 436 g/mol. The minimum atomic E-state index is 0.719. The van der Waals surface area contributed by atoms with Gasteiger partial charge in [-0.3, -0.25) is 0 Å². The topological polar surface area (TPSA) is 38.9 Å². The van der Waals surface area contributed by atoms with E-state index in [9.17, 15) is 0 Å². The van der Waals surface area contributed by atoms with E-state index < -0.39 is 0 Å². The summed E-state index contributed by atoms with van der Waals surface area (Å²) in [6.45, 7) is 0.